The van der Waals surface area contributed by atoms with Gasteiger partial charge in [-0.25, -0.2) is 0 Å². The van der Waals surface area contributed by atoms with Gasteiger partial charge in [-0.2, -0.15) is 0 Å². The van der Waals surface area contributed by atoms with Crippen molar-refractivity contribution in [3.05, 3.63) is 41.5 Å². The molecule has 1 aromatic rings. The molecular formula is C15H20N2O. The Morgan fingerprint density at radius 1 is 1.22 bits per heavy atom. The maximum atomic E-state index is 11.8. The van der Waals surface area contributed by atoms with Crippen LogP contribution in [0, 0.1) is 0 Å². The molecule has 3 heteroatoms. The molecule has 0 fully saturated rings. The highest BCUT2D eigenvalue weighted by molar-refractivity contribution is 5.78. The van der Waals surface area contributed by atoms with Crippen molar-refractivity contribution in [2.75, 3.05) is 5.73 Å². The Morgan fingerprint density at radius 3 is 2.67 bits per heavy atom. The molecule has 0 atom stereocenters. The van der Waals surface area contributed by atoms with Gasteiger partial charge in [0.25, 0.3) is 0 Å². The number of nitrogens with one attached hydrogen (secondary N) is 1. The summed E-state index contributed by atoms with van der Waals surface area (Å²) in [5.74, 6) is 0.111. The third-order valence-electron chi connectivity index (χ3n) is 3.24. The third kappa shape index (κ3) is 3.91. The van der Waals surface area contributed by atoms with Crippen LogP contribution in [0.1, 0.15) is 37.7 Å². The lowest BCUT2D eigenvalue weighted by molar-refractivity contribution is -0.120. The van der Waals surface area contributed by atoms with Crippen molar-refractivity contribution in [2.45, 2.75) is 38.6 Å². The molecule has 0 spiro atoms. The molecule has 2 rings (SSSR count). The summed E-state index contributed by atoms with van der Waals surface area (Å²) in [6.45, 7) is 0.576. The average Bonchev–Trinajstić information content (AvgIpc) is 2.39. The number of amides is 1. The third-order valence-corrected chi connectivity index (χ3v) is 3.24. The maximum Gasteiger partial charge on any atom is 0.224 e. The van der Waals surface area contributed by atoms with Crippen LogP contribution in [-0.2, 0) is 11.3 Å². The lowest BCUT2D eigenvalue weighted by Crippen LogP contribution is -2.23. The smallest absolute Gasteiger partial charge is 0.224 e. The number of nitrogen functional groups attached to an aromatic ring is 1. The topological polar surface area (TPSA) is 55.1 Å². The van der Waals surface area contributed by atoms with Crippen molar-refractivity contribution < 1.29 is 4.79 Å². The zero-order valence-corrected chi connectivity index (χ0v) is 10.6. The monoisotopic (exact) mass is 244 g/mol. The van der Waals surface area contributed by atoms with Gasteiger partial charge in [-0.05, 0) is 43.4 Å². The Hall–Kier alpha value is -1.77. The van der Waals surface area contributed by atoms with Gasteiger partial charge in [0.1, 0.15) is 0 Å². The number of benzene rings is 1. The highest BCUT2D eigenvalue weighted by Crippen LogP contribution is 2.19. The summed E-state index contributed by atoms with van der Waals surface area (Å²) >= 11 is 0. The van der Waals surface area contributed by atoms with E-state index in [1.807, 2.05) is 24.3 Å². The molecule has 0 aromatic heterocycles. The van der Waals surface area contributed by atoms with Gasteiger partial charge < -0.3 is 11.1 Å². The fourth-order valence-electron chi connectivity index (χ4n) is 2.17. The Morgan fingerprint density at radius 2 is 2.00 bits per heavy atom. The van der Waals surface area contributed by atoms with Crippen LogP contribution in [0.25, 0.3) is 0 Å². The van der Waals surface area contributed by atoms with E-state index in [0.717, 1.165) is 24.1 Å². The van der Waals surface area contributed by atoms with Crippen LogP contribution >= 0.6 is 0 Å². The molecule has 0 saturated heterocycles. The number of hydrogen-bond donors (Lipinski definition) is 2. The van der Waals surface area contributed by atoms with Crippen LogP contribution < -0.4 is 11.1 Å². The molecule has 1 aliphatic rings. The summed E-state index contributed by atoms with van der Waals surface area (Å²) in [7, 11) is 0. The average molecular weight is 244 g/mol. The highest BCUT2D eigenvalue weighted by atomic mass is 16.1. The fourth-order valence-corrected chi connectivity index (χ4v) is 2.17. The SMILES string of the molecule is Nc1ccc(CNC(=O)CC2=CCCCC2)cc1. The summed E-state index contributed by atoms with van der Waals surface area (Å²) in [5.41, 5.74) is 8.73. The normalized spacial score (nSPS) is 15.0. The van der Waals surface area contributed by atoms with Gasteiger partial charge in [-0.15, -0.1) is 0 Å². The Kier molecular flexibility index (Phi) is 4.40. The first-order chi connectivity index (χ1) is 8.74. The summed E-state index contributed by atoms with van der Waals surface area (Å²) in [4.78, 5) is 11.8. The van der Waals surface area contributed by atoms with E-state index in [-0.39, 0.29) is 5.91 Å². The molecule has 1 aromatic carbocycles. The molecule has 1 amide bonds. The van der Waals surface area contributed by atoms with Crippen LogP contribution in [0.2, 0.25) is 0 Å². The van der Waals surface area contributed by atoms with E-state index >= 15 is 0 Å². The van der Waals surface area contributed by atoms with Crippen LogP contribution in [-0.4, -0.2) is 5.91 Å². The second-order valence-electron chi connectivity index (χ2n) is 4.80. The maximum absolute atomic E-state index is 11.8. The molecule has 0 unspecified atom stereocenters. The summed E-state index contributed by atoms with van der Waals surface area (Å²) in [5, 5.41) is 2.95. The van der Waals surface area contributed by atoms with Gasteiger partial charge >= 0.3 is 0 Å². The first-order valence-electron chi connectivity index (χ1n) is 6.53. The van der Waals surface area contributed by atoms with Crippen molar-refractivity contribution >= 4 is 11.6 Å². The number of hydrogen-bond acceptors (Lipinski definition) is 2. The Balaban J connectivity index is 1.77. The van der Waals surface area contributed by atoms with Crippen molar-refractivity contribution in [3.8, 4) is 0 Å². The van der Waals surface area contributed by atoms with Crippen LogP contribution in [0.5, 0.6) is 0 Å². The van der Waals surface area contributed by atoms with Crippen LogP contribution in [0.4, 0.5) is 5.69 Å². The van der Waals surface area contributed by atoms with E-state index in [0.29, 0.717) is 13.0 Å². The van der Waals surface area contributed by atoms with Crippen LogP contribution in [0.15, 0.2) is 35.9 Å². The molecule has 96 valence electrons. The van der Waals surface area contributed by atoms with Gasteiger partial charge in [-0.1, -0.05) is 23.8 Å². The minimum Gasteiger partial charge on any atom is -0.399 e. The molecule has 0 radical (unpaired) electrons. The quantitative estimate of drug-likeness (QED) is 0.632. The number of carbonyl (C=O) groups excluding carboxylic acids is 1. The predicted molar refractivity (Wildman–Crippen MR) is 73.9 cm³/mol. The molecule has 0 saturated carbocycles. The number of allylic oxidation sites excluding steroid dienone is 1. The highest BCUT2D eigenvalue weighted by Gasteiger charge is 2.08. The van der Waals surface area contributed by atoms with E-state index in [2.05, 4.69) is 11.4 Å². The number of carbonyl (C=O) groups is 1. The zero-order chi connectivity index (χ0) is 12.8. The van der Waals surface area contributed by atoms with E-state index in [1.54, 1.807) is 0 Å². The molecular weight excluding hydrogens is 224 g/mol. The predicted octanol–water partition coefficient (Wildman–Crippen LogP) is 2.78. The fraction of sp³-hybridized carbons (Fsp3) is 0.400. The van der Waals surface area contributed by atoms with Gasteiger partial charge in [0.2, 0.25) is 5.91 Å². The summed E-state index contributed by atoms with van der Waals surface area (Å²) in [6.07, 6.45) is 7.45. The Bertz CT molecular complexity index is 434. The number of nitrogens with two attached hydrogens (primary N) is 1. The lowest BCUT2D eigenvalue weighted by Gasteiger charge is -2.12. The lowest BCUT2D eigenvalue weighted by atomic mass is 9.97. The van der Waals surface area contributed by atoms with Gasteiger partial charge in [0, 0.05) is 18.7 Å². The number of anilines is 1. The molecule has 0 heterocycles. The molecule has 18 heavy (non-hydrogen) atoms. The van der Waals surface area contributed by atoms with E-state index < -0.39 is 0 Å². The first kappa shape index (κ1) is 12.7. The van der Waals surface area contributed by atoms with E-state index in [4.69, 9.17) is 5.73 Å². The standard InChI is InChI=1S/C15H20N2O/c16-14-8-6-13(7-9-14)11-17-15(18)10-12-4-2-1-3-5-12/h4,6-9H,1-3,5,10-11,16H2,(H,17,18). The summed E-state index contributed by atoms with van der Waals surface area (Å²) in [6, 6.07) is 7.58. The van der Waals surface area contributed by atoms with Crippen molar-refractivity contribution in [1.29, 1.82) is 0 Å². The van der Waals surface area contributed by atoms with Crippen molar-refractivity contribution in [3.63, 3.8) is 0 Å². The van der Waals surface area contributed by atoms with Gasteiger partial charge in [-0.3, -0.25) is 4.79 Å². The second-order valence-corrected chi connectivity index (χ2v) is 4.80. The minimum absolute atomic E-state index is 0.111. The Labute approximate surface area is 108 Å². The van der Waals surface area contributed by atoms with Gasteiger partial charge in [0.15, 0.2) is 0 Å². The summed E-state index contributed by atoms with van der Waals surface area (Å²) < 4.78 is 0. The molecule has 0 bridgehead atoms. The van der Waals surface area contributed by atoms with Crippen LogP contribution in [0.3, 0.4) is 0 Å². The minimum atomic E-state index is 0.111. The molecule has 1 aliphatic carbocycles. The number of rotatable bonds is 4. The van der Waals surface area contributed by atoms with E-state index in [9.17, 15) is 4.79 Å². The van der Waals surface area contributed by atoms with Crippen molar-refractivity contribution in [2.24, 2.45) is 0 Å². The van der Waals surface area contributed by atoms with Crippen molar-refractivity contribution in [1.82, 2.24) is 5.32 Å². The molecule has 3 nitrogen and oxygen atoms in total. The van der Waals surface area contributed by atoms with E-state index in [1.165, 1.54) is 18.4 Å². The zero-order valence-electron chi connectivity index (χ0n) is 10.6. The molecule has 0 aliphatic heterocycles. The first-order valence-corrected chi connectivity index (χ1v) is 6.53. The second kappa shape index (κ2) is 6.24. The molecule has 3 N–H and O–H groups in total. The van der Waals surface area contributed by atoms with Gasteiger partial charge in [0.05, 0.1) is 0 Å². The largest absolute Gasteiger partial charge is 0.399 e.